The maximum absolute atomic E-state index is 10.6. The zero-order valence-electron chi connectivity index (χ0n) is 8.13. The molecule has 0 saturated carbocycles. The molecule has 0 bridgehead atoms. The number of ether oxygens (including phenoxy) is 1. The van der Waals surface area contributed by atoms with Crippen LogP contribution in [0.15, 0.2) is 6.07 Å². The molecule has 70 valence electrons. The Bertz CT molecular complexity index is 298. The smallest absolute Gasteiger partial charge is 0.213 e. The molecule has 13 heavy (non-hydrogen) atoms. The molecule has 3 heteroatoms. The van der Waals surface area contributed by atoms with E-state index >= 15 is 0 Å². The van der Waals surface area contributed by atoms with E-state index in [9.17, 15) is 4.79 Å². The number of pyridine rings is 1. The van der Waals surface area contributed by atoms with Crippen LogP contribution in [0.3, 0.4) is 0 Å². The van der Waals surface area contributed by atoms with Gasteiger partial charge in [0.15, 0.2) is 6.29 Å². The molecular weight excluding hydrogens is 166 g/mol. The second-order valence-corrected chi connectivity index (χ2v) is 2.83. The fourth-order valence-electron chi connectivity index (χ4n) is 1.21. The van der Waals surface area contributed by atoms with E-state index in [1.54, 1.807) is 13.0 Å². The van der Waals surface area contributed by atoms with Crippen molar-refractivity contribution in [2.75, 3.05) is 6.61 Å². The highest BCUT2D eigenvalue weighted by Gasteiger charge is 2.05. The fourth-order valence-corrected chi connectivity index (χ4v) is 1.21. The monoisotopic (exact) mass is 179 g/mol. The van der Waals surface area contributed by atoms with Gasteiger partial charge in [0.2, 0.25) is 5.88 Å². The second-order valence-electron chi connectivity index (χ2n) is 2.83. The van der Waals surface area contributed by atoms with Crippen LogP contribution in [0, 0.1) is 13.8 Å². The van der Waals surface area contributed by atoms with Gasteiger partial charge in [0.05, 0.1) is 12.3 Å². The summed E-state index contributed by atoms with van der Waals surface area (Å²) in [6.07, 6.45) is 0.827. The Morgan fingerprint density at radius 2 is 2.23 bits per heavy atom. The van der Waals surface area contributed by atoms with Crippen LogP contribution in [0.2, 0.25) is 0 Å². The van der Waals surface area contributed by atoms with Gasteiger partial charge in [-0.15, -0.1) is 0 Å². The number of carbonyl (C=O) groups excluding carboxylic acids is 1. The largest absolute Gasteiger partial charge is 0.478 e. The third kappa shape index (κ3) is 2.05. The van der Waals surface area contributed by atoms with Crippen LogP contribution in [0.25, 0.3) is 0 Å². The number of carbonyl (C=O) groups is 1. The quantitative estimate of drug-likeness (QED) is 0.665. The normalized spacial score (nSPS) is 9.77. The number of aromatic nitrogens is 1. The summed E-state index contributed by atoms with van der Waals surface area (Å²) in [6.45, 7) is 6.17. The Kier molecular flexibility index (Phi) is 3.01. The van der Waals surface area contributed by atoms with Gasteiger partial charge in [0, 0.05) is 11.6 Å². The van der Waals surface area contributed by atoms with Crippen LogP contribution in [0.4, 0.5) is 0 Å². The molecule has 0 saturated heterocycles. The van der Waals surface area contributed by atoms with Gasteiger partial charge in [-0.3, -0.25) is 4.79 Å². The Morgan fingerprint density at radius 3 is 2.69 bits per heavy atom. The summed E-state index contributed by atoms with van der Waals surface area (Å²) in [5, 5.41) is 0. The Morgan fingerprint density at radius 1 is 1.54 bits per heavy atom. The van der Waals surface area contributed by atoms with Crippen molar-refractivity contribution in [3.63, 3.8) is 0 Å². The maximum atomic E-state index is 10.6. The molecule has 0 N–H and O–H groups in total. The Labute approximate surface area is 77.8 Å². The summed E-state index contributed by atoms with van der Waals surface area (Å²) < 4.78 is 5.24. The summed E-state index contributed by atoms with van der Waals surface area (Å²) >= 11 is 0. The number of hydrogen-bond donors (Lipinski definition) is 0. The number of hydrogen-bond acceptors (Lipinski definition) is 3. The van der Waals surface area contributed by atoms with Crippen molar-refractivity contribution in [1.82, 2.24) is 4.98 Å². The molecule has 0 radical (unpaired) electrons. The van der Waals surface area contributed by atoms with E-state index in [1.165, 1.54) is 0 Å². The number of aldehydes is 1. The van der Waals surface area contributed by atoms with Gasteiger partial charge >= 0.3 is 0 Å². The molecule has 0 atom stereocenters. The first-order valence-corrected chi connectivity index (χ1v) is 4.25. The lowest BCUT2D eigenvalue weighted by Gasteiger charge is -2.06. The van der Waals surface area contributed by atoms with Crippen molar-refractivity contribution in [1.29, 1.82) is 0 Å². The fraction of sp³-hybridized carbons (Fsp3) is 0.400. The van der Waals surface area contributed by atoms with Gasteiger partial charge in [-0.1, -0.05) is 0 Å². The summed E-state index contributed by atoms with van der Waals surface area (Å²) in [5.41, 5.74) is 2.29. The highest BCUT2D eigenvalue weighted by molar-refractivity contribution is 5.78. The lowest BCUT2D eigenvalue weighted by molar-refractivity contribution is 0.112. The molecule has 0 fully saturated rings. The Hall–Kier alpha value is -1.38. The first-order valence-electron chi connectivity index (χ1n) is 4.25. The first-order chi connectivity index (χ1) is 6.19. The van der Waals surface area contributed by atoms with Gasteiger partial charge in [-0.25, -0.2) is 4.98 Å². The molecule has 0 aromatic carbocycles. The highest BCUT2D eigenvalue weighted by atomic mass is 16.5. The highest BCUT2D eigenvalue weighted by Crippen LogP contribution is 2.15. The average Bonchev–Trinajstić information content (AvgIpc) is 2.04. The molecule has 1 aromatic rings. The number of aryl methyl sites for hydroxylation is 2. The third-order valence-corrected chi connectivity index (χ3v) is 1.84. The number of nitrogens with zero attached hydrogens (tertiary/aromatic N) is 1. The van der Waals surface area contributed by atoms with Gasteiger partial charge < -0.3 is 4.74 Å². The van der Waals surface area contributed by atoms with E-state index in [0.717, 1.165) is 17.5 Å². The zero-order chi connectivity index (χ0) is 9.84. The molecule has 0 aliphatic heterocycles. The topological polar surface area (TPSA) is 39.2 Å². The average molecular weight is 179 g/mol. The van der Waals surface area contributed by atoms with E-state index in [-0.39, 0.29) is 0 Å². The molecule has 1 aromatic heterocycles. The predicted molar refractivity (Wildman–Crippen MR) is 50.3 cm³/mol. The van der Waals surface area contributed by atoms with Crippen molar-refractivity contribution in [3.8, 4) is 5.88 Å². The molecule has 0 amide bonds. The summed E-state index contributed by atoms with van der Waals surface area (Å²) in [4.78, 5) is 14.8. The molecule has 1 heterocycles. The van der Waals surface area contributed by atoms with Crippen LogP contribution in [0.5, 0.6) is 5.88 Å². The van der Waals surface area contributed by atoms with Crippen LogP contribution in [-0.4, -0.2) is 17.9 Å². The van der Waals surface area contributed by atoms with Crippen molar-refractivity contribution >= 4 is 6.29 Å². The van der Waals surface area contributed by atoms with E-state index < -0.39 is 0 Å². The molecule has 0 unspecified atom stereocenters. The van der Waals surface area contributed by atoms with Crippen LogP contribution in [-0.2, 0) is 0 Å². The van der Waals surface area contributed by atoms with Crippen molar-refractivity contribution in [2.45, 2.75) is 20.8 Å². The maximum Gasteiger partial charge on any atom is 0.213 e. The van der Waals surface area contributed by atoms with E-state index in [4.69, 9.17) is 4.74 Å². The SMILES string of the molecule is CCOc1cc(C)c(C=O)c(C)n1. The zero-order valence-corrected chi connectivity index (χ0v) is 8.13. The first kappa shape index (κ1) is 9.71. The third-order valence-electron chi connectivity index (χ3n) is 1.84. The van der Waals surface area contributed by atoms with Crippen molar-refractivity contribution < 1.29 is 9.53 Å². The predicted octanol–water partition coefficient (Wildman–Crippen LogP) is 1.91. The standard InChI is InChI=1S/C10H13NO2/c1-4-13-10-5-7(2)9(6-12)8(3)11-10/h5-6H,4H2,1-3H3. The molecular formula is C10H13NO2. The molecule has 0 aliphatic carbocycles. The molecule has 1 rings (SSSR count). The van der Waals surface area contributed by atoms with Crippen LogP contribution in [0.1, 0.15) is 28.5 Å². The van der Waals surface area contributed by atoms with Crippen LogP contribution < -0.4 is 4.74 Å². The summed E-state index contributed by atoms with van der Waals surface area (Å²) in [7, 11) is 0. The number of rotatable bonds is 3. The van der Waals surface area contributed by atoms with Gasteiger partial charge in [-0.2, -0.15) is 0 Å². The lowest BCUT2D eigenvalue weighted by atomic mass is 10.1. The molecule has 0 spiro atoms. The van der Waals surface area contributed by atoms with Crippen molar-refractivity contribution in [2.24, 2.45) is 0 Å². The van der Waals surface area contributed by atoms with E-state index in [2.05, 4.69) is 4.98 Å². The second kappa shape index (κ2) is 4.03. The minimum absolute atomic E-state index is 0.586. The summed E-state index contributed by atoms with van der Waals surface area (Å²) in [6, 6.07) is 1.78. The van der Waals surface area contributed by atoms with Crippen LogP contribution >= 0.6 is 0 Å². The molecule has 3 nitrogen and oxygen atoms in total. The lowest BCUT2D eigenvalue weighted by Crippen LogP contribution is -2.00. The van der Waals surface area contributed by atoms with Gasteiger partial charge in [0.1, 0.15) is 0 Å². The summed E-state index contributed by atoms with van der Waals surface area (Å²) in [5.74, 6) is 0.586. The Balaban J connectivity index is 3.12. The van der Waals surface area contributed by atoms with Gasteiger partial charge in [0.25, 0.3) is 0 Å². The van der Waals surface area contributed by atoms with E-state index in [1.807, 2.05) is 13.8 Å². The minimum Gasteiger partial charge on any atom is -0.478 e. The van der Waals surface area contributed by atoms with Crippen molar-refractivity contribution in [3.05, 3.63) is 22.9 Å². The minimum atomic E-state index is 0.586. The molecule has 0 aliphatic rings. The van der Waals surface area contributed by atoms with Gasteiger partial charge in [-0.05, 0) is 26.3 Å². The van der Waals surface area contributed by atoms with E-state index in [0.29, 0.717) is 18.1 Å².